The molecule has 1 amide bonds. The first-order chi connectivity index (χ1) is 9.10. The number of hydrogen-bond acceptors (Lipinski definition) is 3. The number of nitrogens with one attached hydrogen (secondary N) is 1. The van der Waals surface area contributed by atoms with Gasteiger partial charge in [0.1, 0.15) is 5.15 Å². The molecule has 2 rings (SSSR count). The zero-order valence-corrected chi connectivity index (χ0v) is 12.8. The van der Waals surface area contributed by atoms with Gasteiger partial charge in [-0.15, -0.1) is 0 Å². The molecule has 1 heterocycles. The van der Waals surface area contributed by atoms with E-state index in [0.29, 0.717) is 17.3 Å². The highest BCUT2D eigenvalue weighted by atomic mass is 127. The molecule has 0 saturated heterocycles. The van der Waals surface area contributed by atoms with Crippen molar-refractivity contribution in [1.29, 1.82) is 0 Å². The fourth-order valence-electron chi connectivity index (χ4n) is 1.54. The van der Waals surface area contributed by atoms with Gasteiger partial charge in [-0.05, 0) is 52.4 Å². The van der Waals surface area contributed by atoms with Crippen molar-refractivity contribution in [2.24, 2.45) is 5.73 Å². The van der Waals surface area contributed by atoms with Gasteiger partial charge in [0.15, 0.2) is 0 Å². The summed E-state index contributed by atoms with van der Waals surface area (Å²) in [5.74, 6) is -0.222. The van der Waals surface area contributed by atoms with Crippen molar-refractivity contribution in [2.75, 3.05) is 5.32 Å². The molecule has 6 heteroatoms. The number of nitrogens with two attached hydrogens (primary N) is 1. The minimum Gasteiger partial charge on any atom is -0.326 e. The molecule has 98 valence electrons. The van der Waals surface area contributed by atoms with Crippen LogP contribution in [0.1, 0.15) is 15.9 Å². The summed E-state index contributed by atoms with van der Waals surface area (Å²) in [5.41, 5.74) is 7.83. The van der Waals surface area contributed by atoms with Crippen LogP contribution in [0, 0.1) is 3.57 Å². The first-order valence-corrected chi connectivity index (χ1v) is 6.97. The van der Waals surface area contributed by atoms with E-state index in [9.17, 15) is 4.79 Å². The normalized spacial score (nSPS) is 10.3. The second-order valence-corrected chi connectivity index (χ2v) is 5.38. The molecule has 0 radical (unpaired) electrons. The van der Waals surface area contributed by atoms with E-state index in [0.717, 1.165) is 14.8 Å². The van der Waals surface area contributed by atoms with Gasteiger partial charge < -0.3 is 11.1 Å². The van der Waals surface area contributed by atoms with Crippen LogP contribution in [0.4, 0.5) is 5.69 Å². The first kappa shape index (κ1) is 14.2. The van der Waals surface area contributed by atoms with E-state index in [1.165, 1.54) is 12.3 Å². The molecule has 0 bridgehead atoms. The lowest BCUT2D eigenvalue weighted by Gasteiger charge is -2.08. The molecule has 0 aliphatic heterocycles. The van der Waals surface area contributed by atoms with Crippen LogP contribution >= 0.6 is 34.2 Å². The summed E-state index contributed by atoms with van der Waals surface area (Å²) in [6, 6.07) is 8.74. The first-order valence-electron chi connectivity index (χ1n) is 5.51. The molecular weight excluding hydrogens is 377 g/mol. The van der Waals surface area contributed by atoms with Gasteiger partial charge in [0, 0.05) is 27.6 Å². The largest absolute Gasteiger partial charge is 0.326 e. The van der Waals surface area contributed by atoms with Crippen molar-refractivity contribution in [2.45, 2.75) is 6.54 Å². The fraction of sp³-hybridized carbons (Fsp3) is 0.0769. The van der Waals surface area contributed by atoms with Crippen LogP contribution in [0.5, 0.6) is 0 Å². The summed E-state index contributed by atoms with van der Waals surface area (Å²) < 4.78 is 1.02. The number of hydrogen-bond donors (Lipinski definition) is 2. The van der Waals surface area contributed by atoms with Gasteiger partial charge >= 0.3 is 0 Å². The van der Waals surface area contributed by atoms with Crippen molar-refractivity contribution in [3.63, 3.8) is 0 Å². The van der Waals surface area contributed by atoms with E-state index in [1.54, 1.807) is 6.07 Å². The Morgan fingerprint density at radius 2 is 2.16 bits per heavy atom. The van der Waals surface area contributed by atoms with Crippen molar-refractivity contribution >= 4 is 45.8 Å². The molecule has 0 saturated carbocycles. The van der Waals surface area contributed by atoms with Crippen LogP contribution in [0.2, 0.25) is 5.15 Å². The maximum Gasteiger partial charge on any atom is 0.255 e. The van der Waals surface area contributed by atoms with E-state index in [1.807, 2.05) is 18.2 Å². The molecule has 0 spiro atoms. The molecule has 0 aliphatic rings. The third kappa shape index (κ3) is 3.65. The van der Waals surface area contributed by atoms with Crippen molar-refractivity contribution in [3.8, 4) is 0 Å². The lowest BCUT2D eigenvalue weighted by molar-refractivity contribution is 0.102. The topological polar surface area (TPSA) is 68.0 Å². The standard InChI is InChI=1S/C13H11ClIN3O/c14-12-5-8(3-4-17-12)13(19)18-10-2-1-9(7-16)11(15)6-10/h1-6H,7,16H2,(H,18,19). The lowest BCUT2D eigenvalue weighted by Crippen LogP contribution is -2.12. The maximum atomic E-state index is 12.0. The molecule has 19 heavy (non-hydrogen) atoms. The number of anilines is 1. The summed E-state index contributed by atoms with van der Waals surface area (Å²) >= 11 is 7.94. The average Bonchev–Trinajstić information content (AvgIpc) is 2.39. The van der Waals surface area contributed by atoms with Gasteiger partial charge in [-0.25, -0.2) is 4.98 Å². The molecule has 1 aromatic carbocycles. The Hall–Kier alpha value is -1.18. The maximum absolute atomic E-state index is 12.0. The third-order valence-electron chi connectivity index (χ3n) is 2.52. The van der Waals surface area contributed by atoms with Crippen LogP contribution in [-0.2, 0) is 6.54 Å². The highest BCUT2D eigenvalue weighted by molar-refractivity contribution is 14.1. The van der Waals surface area contributed by atoms with E-state index in [-0.39, 0.29) is 5.91 Å². The monoisotopic (exact) mass is 387 g/mol. The van der Waals surface area contributed by atoms with Crippen LogP contribution in [0.15, 0.2) is 36.5 Å². The summed E-state index contributed by atoms with van der Waals surface area (Å²) in [6.07, 6.45) is 1.50. The predicted molar refractivity (Wildman–Crippen MR) is 84.3 cm³/mol. The number of nitrogens with zero attached hydrogens (tertiary/aromatic N) is 1. The minimum atomic E-state index is -0.222. The highest BCUT2D eigenvalue weighted by Crippen LogP contribution is 2.18. The Kier molecular flexibility index (Phi) is 4.73. The van der Waals surface area contributed by atoms with Gasteiger partial charge in [-0.2, -0.15) is 0 Å². The SMILES string of the molecule is NCc1ccc(NC(=O)c2ccnc(Cl)c2)cc1I. The zero-order chi connectivity index (χ0) is 13.8. The number of amides is 1. The van der Waals surface area contributed by atoms with Gasteiger partial charge in [0.25, 0.3) is 5.91 Å². The Balaban J connectivity index is 2.17. The van der Waals surface area contributed by atoms with Gasteiger partial charge in [-0.1, -0.05) is 17.7 Å². The Morgan fingerprint density at radius 3 is 2.79 bits per heavy atom. The molecule has 0 unspecified atom stereocenters. The van der Waals surface area contributed by atoms with Crippen molar-refractivity contribution in [1.82, 2.24) is 4.98 Å². The van der Waals surface area contributed by atoms with Gasteiger partial charge in [0.2, 0.25) is 0 Å². The summed E-state index contributed by atoms with van der Waals surface area (Å²) in [6.45, 7) is 0.479. The number of aromatic nitrogens is 1. The van der Waals surface area contributed by atoms with Crippen LogP contribution in [0.3, 0.4) is 0 Å². The van der Waals surface area contributed by atoms with Crippen LogP contribution < -0.4 is 11.1 Å². The second kappa shape index (κ2) is 6.31. The number of rotatable bonds is 3. The smallest absolute Gasteiger partial charge is 0.255 e. The molecule has 0 atom stereocenters. The Morgan fingerprint density at radius 1 is 1.37 bits per heavy atom. The molecule has 3 N–H and O–H groups in total. The molecule has 0 fully saturated rings. The number of benzene rings is 1. The number of pyridine rings is 1. The third-order valence-corrected chi connectivity index (χ3v) is 3.73. The Labute approximate surface area is 129 Å². The van der Waals surface area contributed by atoms with Crippen molar-refractivity contribution < 1.29 is 4.79 Å². The quantitative estimate of drug-likeness (QED) is 0.628. The average molecular weight is 388 g/mol. The predicted octanol–water partition coefficient (Wildman–Crippen LogP) is 3.05. The number of halogens is 2. The Bertz CT molecular complexity index is 619. The molecule has 4 nitrogen and oxygen atoms in total. The van der Waals surface area contributed by atoms with E-state index >= 15 is 0 Å². The number of carbonyl (C=O) groups is 1. The van der Waals surface area contributed by atoms with Crippen LogP contribution in [0.25, 0.3) is 0 Å². The molecule has 2 aromatic rings. The molecular formula is C13H11ClIN3O. The molecule has 1 aromatic heterocycles. The minimum absolute atomic E-state index is 0.222. The second-order valence-electron chi connectivity index (χ2n) is 3.83. The van der Waals surface area contributed by atoms with Gasteiger partial charge in [-0.3, -0.25) is 4.79 Å². The van der Waals surface area contributed by atoms with E-state index in [4.69, 9.17) is 17.3 Å². The molecule has 0 aliphatic carbocycles. The van der Waals surface area contributed by atoms with Gasteiger partial charge in [0.05, 0.1) is 0 Å². The highest BCUT2D eigenvalue weighted by Gasteiger charge is 2.08. The summed E-state index contributed by atoms with van der Waals surface area (Å²) in [5, 5.41) is 3.10. The number of carbonyl (C=O) groups excluding carboxylic acids is 1. The summed E-state index contributed by atoms with van der Waals surface area (Å²) in [7, 11) is 0. The lowest BCUT2D eigenvalue weighted by atomic mass is 10.2. The van der Waals surface area contributed by atoms with Crippen LogP contribution in [-0.4, -0.2) is 10.9 Å². The van der Waals surface area contributed by atoms with E-state index in [2.05, 4.69) is 32.9 Å². The fourth-order valence-corrected chi connectivity index (χ4v) is 2.45. The van der Waals surface area contributed by atoms with Crippen molar-refractivity contribution in [3.05, 3.63) is 56.4 Å². The zero-order valence-electron chi connectivity index (χ0n) is 9.86. The summed E-state index contributed by atoms with van der Waals surface area (Å²) in [4.78, 5) is 15.8. The van der Waals surface area contributed by atoms with E-state index < -0.39 is 0 Å².